The van der Waals surface area contributed by atoms with Crippen LogP contribution in [0.4, 0.5) is 4.39 Å². The highest BCUT2D eigenvalue weighted by molar-refractivity contribution is 5.09. The molecule has 1 heterocycles. The maximum atomic E-state index is 13.1. The lowest BCUT2D eigenvalue weighted by Crippen LogP contribution is -2.40. The first-order chi connectivity index (χ1) is 5.15. The lowest BCUT2D eigenvalue weighted by molar-refractivity contribution is -0.726. The predicted octanol–water partition coefficient (Wildman–Crippen LogP) is 1.75. The molecule has 0 aliphatic heterocycles. The minimum atomic E-state index is -0.148. The van der Waals surface area contributed by atoms with E-state index >= 15 is 0 Å². The van der Waals surface area contributed by atoms with E-state index in [0.717, 1.165) is 11.3 Å². The quantitative estimate of drug-likeness (QED) is 0.428. The van der Waals surface area contributed by atoms with Gasteiger partial charge in [-0.1, -0.05) is 0 Å². The predicted molar refractivity (Wildman–Crippen MR) is 41.7 cm³/mol. The number of pyridine rings is 1. The van der Waals surface area contributed by atoms with Gasteiger partial charge in [-0.3, -0.25) is 0 Å². The highest BCUT2D eigenvalue weighted by atomic mass is 19.1. The Bertz CT molecular complexity index is 245. The number of aromatic nitrogens is 1. The molecule has 0 aromatic carbocycles. The fraction of sp³-hybridized carbons (Fsp3) is 0.444. The SMILES string of the molecule is CC[n+]1c(C)cc(C)cc1F. The molecule has 0 unspecified atom stereocenters. The summed E-state index contributed by atoms with van der Waals surface area (Å²) < 4.78 is 14.7. The van der Waals surface area contributed by atoms with Crippen LogP contribution in [-0.2, 0) is 6.54 Å². The van der Waals surface area contributed by atoms with Crippen molar-refractivity contribution in [2.75, 3.05) is 0 Å². The van der Waals surface area contributed by atoms with Gasteiger partial charge in [-0.25, -0.2) is 0 Å². The van der Waals surface area contributed by atoms with Crippen LogP contribution in [0.2, 0.25) is 0 Å². The molecule has 2 heteroatoms. The number of hydrogen-bond acceptors (Lipinski definition) is 0. The number of hydrogen-bond donors (Lipinski definition) is 0. The van der Waals surface area contributed by atoms with E-state index in [4.69, 9.17) is 0 Å². The van der Waals surface area contributed by atoms with Crippen molar-refractivity contribution in [2.45, 2.75) is 27.3 Å². The molecule has 0 spiro atoms. The van der Waals surface area contributed by atoms with E-state index in [-0.39, 0.29) is 5.95 Å². The fourth-order valence-corrected chi connectivity index (χ4v) is 1.28. The Labute approximate surface area is 66.5 Å². The highest BCUT2D eigenvalue weighted by Crippen LogP contribution is 2.00. The Kier molecular flexibility index (Phi) is 2.22. The standard InChI is InChI=1S/C9H13FN/c1-4-11-8(3)5-7(2)6-9(11)10/h5-6H,4H2,1-3H3/q+1. The van der Waals surface area contributed by atoms with E-state index in [0.29, 0.717) is 6.54 Å². The van der Waals surface area contributed by atoms with Crippen molar-refractivity contribution in [3.63, 3.8) is 0 Å². The maximum absolute atomic E-state index is 13.1. The Morgan fingerprint density at radius 1 is 1.36 bits per heavy atom. The average molecular weight is 154 g/mol. The number of rotatable bonds is 1. The summed E-state index contributed by atoms with van der Waals surface area (Å²) in [7, 11) is 0. The molecule has 1 aromatic rings. The van der Waals surface area contributed by atoms with E-state index < -0.39 is 0 Å². The number of aryl methyl sites for hydroxylation is 2. The Balaban J connectivity index is 3.25. The zero-order valence-electron chi connectivity index (χ0n) is 7.19. The topological polar surface area (TPSA) is 3.88 Å². The molecule has 0 atom stereocenters. The summed E-state index contributed by atoms with van der Waals surface area (Å²) in [6.07, 6.45) is 0. The van der Waals surface area contributed by atoms with Crippen molar-refractivity contribution in [1.82, 2.24) is 0 Å². The molecule has 1 rings (SSSR count). The van der Waals surface area contributed by atoms with Gasteiger partial charge in [0.05, 0.1) is 0 Å². The van der Waals surface area contributed by atoms with Crippen LogP contribution in [0, 0.1) is 19.8 Å². The van der Waals surface area contributed by atoms with E-state index in [2.05, 4.69) is 0 Å². The minimum Gasteiger partial charge on any atom is -0.172 e. The van der Waals surface area contributed by atoms with Crippen LogP contribution in [0.25, 0.3) is 0 Å². The van der Waals surface area contributed by atoms with Gasteiger partial charge >= 0.3 is 5.95 Å². The van der Waals surface area contributed by atoms with Crippen molar-refractivity contribution in [1.29, 1.82) is 0 Å². The smallest absolute Gasteiger partial charge is 0.172 e. The second-order valence-electron chi connectivity index (χ2n) is 2.74. The molecule has 0 N–H and O–H groups in total. The van der Waals surface area contributed by atoms with Crippen molar-refractivity contribution in [3.05, 3.63) is 29.3 Å². The second-order valence-corrected chi connectivity index (χ2v) is 2.74. The second kappa shape index (κ2) is 2.99. The third-order valence-electron chi connectivity index (χ3n) is 1.78. The Hall–Kier alpha value is -0.920. The van der Waals surface area contributed by atoms with Crippen LogP contribution < -0.4 is 4.57 Å². The van der Waals surface area contributed by atoms with Gasteiger partial charge in [0.2, 0.25) is 0 Å². The lowest BCUT2D eigenvalue weighted by atomic mass is 10.2. The third kappa shape index (κ3) is 1.56. The Morgan fingerprint density at radius 2 is 2.00 bits per heavy atom. The van der Waals surface area contributed by atoms with E-state index in [1.165, 1.54) is 0 Å². The first kappa shape index (κ1) is 8.18. The molecule has 0 saturated heterocycles. The van der Waals surface area contributed by atoms with Crippen molar-refractivity contribution in [3.8, 4) is 0 Å². The molecule has 0 bridgehead atoms. The van der Waals surface area contributed by atoms with Crippen LogP contribution in [0.1, 0.15) is 18.2 Å². The van der Waals surface area contributed by atoms with Gasteiger partial charge in [-0.15, -0.1) is 4.39 Å². The van der Waals surface area contributed by atoms with Crippen molar-refractivity contribution in [2.24, 2.45) is 0 Å². The molecule has 0 saturated carbocycles. The zero-order valence-corrected chi connectivity index (χ0v) is 7.19. The summed E-state index contributed by atoms with van der Waals surface area (Å²) in [6, 6.07) is 3.53. The van der Waals surface area contributed by atoms with Crippen molar-refractivity contribution >= 4 is 0 Å². The minimum absolute atomic E-state index is 0.148. The van der Waals surface area contributed by atoms with Gasteiger partial charge in [-0.2, -0.15) is 4.57 Å². The average Bonchev–Trinajstić information content (AvgIpc) is 1.85. The van der Waals surface area contributed by atoms with Gasteiger partial charge in [0.15, 0.2) is 5.69 Å². The molecule has 0 aliphatic carbocycles. The van der Waals surface area contributed by atoms with Crippen LogP contribution in [0.3, 0.4) is 0 Å². The first-order valence-electron chi connectivity index (χ1n) is 3.81. The van der Waals surface area contributed by atoms with Crippen LogP contribution >= 0.6 is 0 Å². The first-order valence-corrected chi connectivity index (χ1v) is 3.81. The summed E-state index contributed by atoms with van der Waals surface area (Å²) in [6.45, 7) is 6.44. The van der Waals surface area contributed by atoms with Gasteiger partial charge in [0.25, 0.3) is 0 Å². The van der Waals surface area contributed by atoms with Gasteiger partial charge < -0.3 is 0 Å². The number of nitrogens with zero attached hydrogens (tertiary/aromatic N) is 1. The Morgan fingerprint density at radius 3 is 2.45 bits per heavy atom. The molecule has 1 nitrogen and oxygen atoms in total. The van der Waals surface area contributed by atoms with E-state index in [1.807, 2.05) is 26.8 Å². The summed E-state index contributed by atoms with van der Waals surface area (Å²) >= 11 is 0. The van der Waals surface area contributed by atoms with Crippen LogP contribution in [0.15, 0.2) is 12.1 Å². The van der Waals surface area contributed by atoms with Gasteiger partial charge in [0.1, 0.15) is 6.54 Å². The maximum Gasteiger partial charge on any atom is 0.359 e. The van der Waals surface area contributed by atoms with Gasteiger partial charge in [-0.05, 0) is 19.4 Å². The highest BCUT2D eigenvalue weighted by Gasteiger charge is 2.11. The molecule has 60 valence electrons. The lowest BCUT2D eigenvalue weighted by Gasteiger charge is -1.98. The monoisotopic (exact) mass is 154 g/mol. The molecular formula is C9H13FN+. The molecule has 0 radical (unpaired) electrons. The van der Waals surface area contributed by atoms with Crippen LogP contribution in [-0.4, -0.2) is 0 Å². The summed E-state index contributed by atoms with van der Waals surface area (Å²) in [5, 5.41) is 0. The molecular weight excluding hydrogens is 141 g/mol. The summed E-state index contributed by atoms with van der Waals surface area (Å²) in [4.78, 5) is 0. The normalized spacial score (nSPS) is 10.2. The summed E-state index contributed by atoms with van der Waals surface area (Å²) in [5.74, 6) is -0.148. The van der Waals surface area contributed by atoms with Gasteiger partial charge in [0, 0.05) is 19.1 Å². The molecule has 0 fully saturated rings. The molecule has 0 amide bonds. The van der Waals surface area contributed by atoms with Crippen molar-refractivity contribution < 1.29 is 8.96 Å². The molecule has 1 aromatic heterocycles. The van der Waals surface area contributed by atoms with E-state index in [1.54, 1.807) is 10.6 Å². The zero-order chi connectivity index (χ0) is 8.43. The van der Waals surface area contributed by atoms with E-state index in [9.17, 15) is 4.39 Å². The largest absolute Gasteiger partial charge is 0.359 e. The number of halogens is 1. The fourth-order valence-electron chi connectivity index (χ4n) is 1.28. The van der Waals surface area contributed by atoms with Crippen LogP contribution in [0.5, 0.6) is 0 Å². The molecule has 11 heavy (non-hydrogen) atoms. The molecule has 0 aliphatic rings. The third-order valence-corrected chi connectivity index (χ3v) is 1.78. The summed E-state index contributed by atoms with van der Waals surface area (Å²) in [5.41, 5.74) is 1.95.